The van der Waals surface area contributed by atoms with Crippen LogP contribution in [0.5, 0.6) is 5.75 Å². The molecular weight excluding hydrogens is 1790 g/mol. The van der Waals surface area contributed by atoms with E-state index in [1.165, 1.54) is 86.4 Å². The van der Waals surface area contributed by atoms with Crippen molar-refractivity contribution < 1.29 is 107 Å². The maximum absolute atomic E-state index is 15.8. The highest BCUT2D eigenvalue weighted by Gasteiger charge is 2.47. The van der Waals surface area contributed by atoms with Gasteiger partial charge in [-0.05, 0) is 112 Å². The Morgan fingerprint density at radius 1 is 0.544 bits per heavy atom. The Labute approximate surface area is 789 Å². The molecule has 0 aliphatic carbocycles. The van der Waals surface area contributed by atoms with Gasteiger partial charge in [0.25, 0.3) is 0 Å². The summed E-state index contributed by atoms with van der Waals surface area (Å²) >= 11 is 1.33. The number of hydrogen-bond donors (Lipinski definition) is 20. The molecule has 2 aliphatic heterocycles. The number of carbonyl (C=O) groups is 18. The summed E-state index contributed by atoms with van der Waals surface area (Å²) in [6.45, 7) is 5.34. The number of likely N-dealkylation sites (N-methyl/N-ethyl adjacent to an activating group) is 3. The maximum atomic E-state index is 15.8. The Morgan fingerprint density at radius 2 is 1.07 bits per heavy atom. The number of H-pyrrole nitrogens is 3. The predicted molar refractivity (Wildman–Crippen MR) is 498 cm³/mol. The number of hydrogen-bond acceptors (Lipinski definition) is 24. The number of nitrogens with two attached hydrogens (primary N) is 3. The number of aromatic nitrogens is 4. The second kappa shape index (κ2) is 52.9. The van der Waals surface area contributed by atoms with Crippen LogP contribution >= 0.6 is 11.8 Å². The summed E-state index contributed by atoms with van der Waals surface area (Å²) in [5.74, 6) is -15.9. The monoisotopic (exact) mass is 1910 g/mol. The number of amides is 16. The standard InChI is InChI=1S/C91H128N22O22S/c1-8-11-13-24-73(91(135)110(6)71(23-12-9-2)84(128)102-63(33-35-93)81(125)108-70(48-136-10-3)79(123)98-46-75(94)117)111(7)88(132)68(39-54-44-97-61-22-17-15-20-59(54)61)107-80(124)62(32-34-92)101-82(126)65(38-53-43-96-60-21-16-14-19-58(53)60)104-86(130)74-41-57(116)47-113(74)89(133)64(30-31-76(118)119)103-83(127)66(40-55-45-95-49-99-55)105-85(129)72-25-18-36-112(72)90(134)69(42-77(120)121)106-78(122)51(4)109(5)87(131)67(100-50-114)37-52-26-28-56(115)29-27-52/h14-17,19-22,26-29,43-45,49-51,57,62-74,96-97,115-116H,8-13,18,23-25,30-42,46-48,92-93H2,1-7H3,(H2,94,117)(H,95,99)(H,98,123)(H,100,114)(H,101,126)(H,102,128)(H,103,127)(H,104,130)(H,105,129)(H,106,122)(H,107,124)(H,108,125)(H,118,119)(H,120,121)/t51-,57+,62-,63-,64-,65-,66-,67-,68-,69-,70-,71-,72-,73-,74-/m0/s1. The second-order valence-corrected chi connectivity index (χ2v) is 35.2. The summed E-state index contributed by atoms with van der Waals surface area (Å²) in [7, 11) is 4.04. The van der Waals surface area contributed by atoms with Gasteiger partial charge in [0, 0.05) is 125 Å². The summed E-state index contributed by atoms with van der Waals surface area (Å²) in [6.07, 6.45) is 3.24. The number of imidazole rings is 1. The van der Waals surface area contributed by atoms with Gasteiger partial charge in [0.05, 0.1) is 25.4 Å². The quantitative estimate of drug-likeness (QED) is 0.0144. The molecule has 23 N–H and O–H groups in total. The number of carboxylic acid groups (broad SMARTS) is 2. The third kappa shape index (κ3) is 30.5. The Hall–Kier alpha value is -13.6. The van der Waals surface area contributed by atoms with Crippen LogP contribution in [0.3, 0.4) is 0 Å². The number of β-amino-alcohol motifs (C(OH)–C–C–N with tert-alkyl or cyclic N) is 1. The minimum Gasteiger partial charge on any atom is -0.508 e. The number of benzene rings is 3. The van der Waals surface area contributed by atoms with Gasteiger partial charge in [-0.1, -0.05) is 101 Å². The molecule has 0 radical (unpaired) electrons. The molecule has 740 valence electrons. The van der Waals surface area contributed by atoms with E-state index in [0.29, 0.717) is 76.4 Å². The Kier molecular flexibility index (Phi) is 41.9. The number of aliphatic hydroxyl groups is 1. The third-order valence-corrected chi connectivity index (χ3v) is 25.1. The van der Waals surface area contributed by atoms with Gasteiger partial charge in [-0.25, -0.2) is 4.98 Å². The largest absolute Gasteiger partial charge is 0.508 e. The number of para-hydroxylation sites is 2. The number of aromatic hydroxyl groups is 1. The van der Waals surface area contributed by atoms with E-state index in [9.17, 15) is 78.0 Å². The van der Waals surface area contributed by atoms with Gasteiger partial charge < -0.3 is 130 Å². The van der Waals surface area contributed by atoms with Crippen LogP contribution in [-0.4, -0.2) is 328 Å². The summed E-state index contributed by atoms with van der Waals surface area (Å²) in [4.78, 5) is 273. The number of fused-ring (bicyclic) bond motifs is 2. The zero-order chi connectivity index (χ0) is 99.6. The normalized spacial score (nSPS) is 16.7. The average molecular weight is 1910 g/mol. The van der Waals surface area contributed by atoms with Gasteiger partial charge in [0.2, 0.25) is 95.0 Å². The summed E-state index contributed by atoms with van der Waals surface area (Å²) in [5.41, 5.74) is 20.6. The van der Waals surface area contributed by atoms with Crippen molar-refractivity contribution in [3.05, 3.63) is 120 Å². The number of carbonyl (C=O) groups excluding carboxylic acids is 16. The number of aliphatic carboxylic acids is 2. The average Bonchev–Trinajstić information content (AvgIpc) is 1.51. The molecule has 45 heteroatoms. The number of unbranched alkanes of at least 4 members (excludes halogenated alkanes) is 3. The minimum atomic E-state index is -1.85. The van der Waals surface area contributed by atoms with E-state index in [4.69, 9.17) is 17.2 Å². The van der Waals surface area contributed by atoms with Gasteiger partial charge in [0.15, 0.2) is 0 Å². The number of carboxylic acids is 2. The Bertz CT molecular complexity index is 5150. The molecule has 136 heavy (non-hydrogen) atoms. The first-order valence-electron chi connectivity index (χ1n) is 45.5. The van der Waals surface area contributed by atoms with Crippen LogP contribution in [0.4, 0.5) is 0 Å². The molecule has 2 fully saturated rings. The van der Waals surface area contributed by atoms with Crippen LogP contribution < -0.4 is 70.4 Å². The molecule has 3 aromatic heterocycles. The minimum absolute atomic E-state index is 0.0569. The number of primary amides is 1. The molecular formula is C91H128N22O22S. The molecule has 16 amide bonds. The number of nitrogens with zero attached hydrogens (tertiary/aromatic N) is 6. The molecule has 0 bridgehead atoms. The van der Waals surface area contributed by atoms with E-state index in [1.54, 1.807) is 60.9 Å². The van der Waals surface area contributed by atoms with Crippen molar-refractivity contribution >= 4 is 141 Å². The third-order valence-electron chi connectivity index (χ3n) is 24.1. The topological polar surface area (TPSA) is 663 Å². The lowest BCUT2D eigenvalue weighted by Crippen LogP contribution is -2.61. The molecule has 6 aromatic rings. The number of phenols is 1. The van der Waals surface area contributed by atoms with Crippen molar-refractivity contribution in [2.45, 2.75) is 240 Å². The zero-order valence-electron chi connectivity index (χ0n) is 77.3. The predicted octanol–water partition coefficient (Wildman–Crippen LogP) is -2.04. The highest BCUT2D eigenvalue weighted by molar-refractivity contribution is 7.99. The van der Waals surface area contributed by atoms with Crippen molar-refractivity contribution in [3.8, 4) is 5.75 Å². The highest BCUT2D eigenvalue weighted by atomic mass is 32.2. The lowest BCUT2D eigenvalue weighted by Gasteiger charge is -2.36. The summed E-state index contributed by atoms with van der Waals surface area (Å²) in [6, 6.07) is -1.00. The zero-order valence-corrected chi connectivity index (χ0v) is 78.1. The van der Waals surface area contributed by atoms with Crippen molar-refractivity contribution in [1.29, 1.82) is 0 Å². The van der Waals surface area contributed by atoms with Crippen LogP contribution in [-0.2, 0) is 112 Å². The molecule has 0 spiro atoms. The number of rotatable bonds is 56. The number of likely N-dealkylation sites (tertiary alicyclic amines) is 2. The Balaban J connectivity index is 1.03. The van der Waals surface area contributed by atoms with Crippen LogP contribution in [0.1, 0.15) is 146 Å². The number of nitrogens with one attached hydrogen (secondary N) is 13. The van der Waals surface area contributed by atoms with Crippen LogP contribution in [0.25, 0.3) is 21.8 Å². The molecule has 0 saturated carbocycles. The van der Waals surface area contributed by atoms with E-state index >= 15 is 28.8 Å². The van der Waals surface area contributed by atoms with Crippen molar-refractivity contribution in [2.75, 3.05) is 65.4 Å². The second-order valence-electron chi connectivity index (χ2n) is 33.9. The van der Waals surface area contributed by atoms with Gasteiger partial charge in [-0.15, -0.1) is 0 Å². The van der Waals surface area contributed by atoms with Crippen molar-refractivity contribution in [1.82, 2.24) is 97.6 Å². The molecule has 2 saturated heterocycles. The molecule has 5 heterocycles. The number of aromatic amines is 3. The first kappa shape index (κ1) is 108. The molecule has 44 nitrogen and oxygen atoms in total. The lowest BCUT2D eigenvalue weighted by atomic mass is 9.99. The summed E-state index contributed by atoms with van der Waals surface area (Å²) in [5, 5.41) is 68.8. The smallest absolute Gasteiger partial charge is 0.305 e. The van der Waals surface area contributed by atoms with Crippen molar-refractivity contribution in [3.63, 3.8) is 0 Å². The molecule has 0 unspecified atom stereocenters. The fourth-order valence-corrected chi connectivity index (χ4v) is 17.2. The molecule has 3 aromatic carbocycles. The highest BCUT2D eigenvalue weighted by Crippen LogP contribution is 2.28. The number of phenolic OH excluding ortho intramolecular Hbond substituents is 1. The van der Waals surface area contributed by atoms with Gasteiger partial charge in [-0.2, -0.15) is 11.8 Å². The lowest BCUT2D eigenvalue weighted by molar-refractivity contribution is -0.149. The molecule has 8 rings (SSSR count). The van der Waals surface area contributed by atoms with Gasteiger partial charge in [0.1, 0.15) is 90.3 Å². The van der Waals surface area contributed by atoms with E-state index in [0.717, 1.165) is 14.7 Å². The maximum Gasteiger partial charge on any atom is 0.305 e. The van der Waals surface area contributed by atoms with E-state index in [1.807, 2.05) is 20.8 Å². The number of thioether (sulfide) groups is 1. The first-order chi connectivity index (χ1) is 64.9. The van der Waals surface area contributed by atoms with Gasteiger partial charge >= 0.3 is 11.9 Å². The van der Waals surface area contributed by atoms with Crippen LogP contribution in [0.2, 0.25) is 0 Å². The summed E-state index contributed by atoms with van der Waals surface area (Å²) < 4.78 is 0. The first-order valence-corrected chi connectivity index (χ1v) is 46.7. The van der Waals surface area contributed by atoms with Crippen molar-refractivity contribution in [2.24, 2.45) is 17.2 Å². The van der Waals surface area contributed by atoms with Crippen LogP contribution in [0, 0.1) is 0 Å². The fourth-order valence-electron chi connectivity index (χ4n) is 16.5. The SMILES string of the molecule is CCCCC[C@@H](C(=O)N(C)[C@@H](CCCC)C(=O)N[C@@H](CCN)C(=O)N[C@@H](CSCC)C(=O)NCC(N)=O)N(C)C(=O)[C@H](Cc1c[nH]c2ccccc12)NC(=O)[C@H](CCN)NC(=O)[C@H](Cc1c[nH]c2ccccc12)NC(=O)[C@@H]1C[C@@H](O)CN1C(=O)[C@H](CCC(=O)O)NC(=O)[C@H](Cc1cnc[nH]1)NC(=O)[C@@H]1CCCN1C(=O)[C@H](CC(=O)O)NC(=O)[C@H](C)N(C)C(=O)[C@H](Cc1ccc(O)cc1)NC=O. The molecule has 15 atom stereocenters. The van der Waals surface area contributed by atoms with E-state index < -0.39 is 236 Å². The van der Waals surface area contributed by atoms with E-state index in [-0.39, 0.29) is 101 Å². The van der Waals surface area contributed by atoms with Gasteiger partial charge in [-0.3, -0.25) is 86.3 Å². The fraction of sp³-hybridized carbons (Fsp3) is 0.527. The Morgan fingerprint density at radius 3 is 1.64 bits per heavy atom. The van der Waals surface area contributed by atoms with E-state index in [2.05, 4.69) is 73.1 Å². The molecule has 2 aliphatic rings. The number of aliphatic hydroxyl groups excluding tert-OH is 1. The van der Waals surface area contributed by atoms with Crippen LogP contribution in [0.15, 0.2) is 97.7 Å².